The molecule has 1 unspecified atom stereocenters. The van der Waals surface area contributed by atoms with Gasteiger partial charge in [-0.25, -0.2) is 4.98 Å². The largest absolute Gasteiger partial charge is 0.354 e. The van der Waals surface area contributed by atoms with E-state index in [1.54, 1.807) is 0 Å². The molecule has 0 radical (unpaired) electrons. The number of hydrogen-bond acceptors (Lipinski definition) is 4. The van der Waals surface area contributed by atoms with Gasteiger partial charge in [0.2, 0.25) is 0 Å². The molecule has 6 heteroatoms. The van der Waals surface area contributed by atoms with Crippen LogP contribution < -0.4 is 10.2 Å². The number of aromatic nitrogens is 1. The topological polar surface area (TPSA) is 47.0 Å². The Morgan fingerprint density at radius 1 is 1.22 bits per heavy atom. The van der Waals surface area contributed by atoms with Crippen LogP contribution in [-0.4, -0.2) is 79.1 Å². The molecule has 6 nitrogen and oxygen atoms in total. The Morgan fingerprint density at radius 2 is 2.00 bits per heavy atom. The molecule has 3 rings (SSSR count). The predicted octanol–water partition coefficient (Wildman–Crippen LogP) is 2.29. The molecule has 27 heavy (non-hydrogen) atoms. The lowest BCUT2D eigenvalue weighted by atomic mass is 9.93. The summed E-state index contributed by atoms with van der Waals surface area (Å²) in [5.74, 6) is 2.89. The Kier molecular flexibility index (Phi) is 6.58. The van der Waals surface area contributed by atoms with Crippen molar-refractivity contribution in [1.82, 2.24) is 20.1 Å². The minimum absolute atomic E-state index is 0.139. The van der Waals surface area contributed by atoms with Crippen molar-refractivity contribution >= 4 is 11.8 Å². The standard InChI is InChI=1S/C21H36N6/c1-18-8-7-11-27(16-18)21(2,3)17-24-20(22-4)26-14-12-25(13-15-26)19-9-5-6-10-23-19/h5-6,9-10,18H,7-8,11-17H2,1-4H3,(H,22,24). The van der Waals surface area contributed by atoms with Gasteiger partial charge in [0.1, 0.15) is 5.82 Å². The highest BCUT2D eigenvalue weighted by atomic mass is 15.4. The van der Waals surface area contributed by atoms with E-state index < -0.39 is 0 Å². The Balaban J connectivity index is 1.51. The van der Waals surface area contributed by atoms with Gasteiger partial charge in [0.25, 0.3) is 0 Å². The molecule has 2 fully saturated rings. The highest BCUT2D eigenvalue weighted by Crippen LogP contribution is 2.23. The fourth-order valence-corrected chi connectivity index (χ4v) is 4.17. The highest BCUT2D eigenvalue weighted by Gasteiger charge is 2.31. The highest BCUT2D eigenvalue weighted by molar-refractivity contribution is 5.80. The van der Waals surface area contributed by atoms with Crippen molar-refractivity contribution in [3.8, 4) is 0 Å². The zero-order valence-electron chi connectivity index (χ0n) is 17.5. The van der Waals surface area contributed by atoms with Gasteiger partial charge in [-0.3, -0.25) is 9.89 Å². The molecular weight excluding hydrogens is 336 g/mol. The van der Waals surface area contributed by atoms with Gasteiger partial charge in [0.05, 0.1) is 0 Å². The molecule has 150 valence electrons. The van der Waals surface area contributed by atoms with Crippen LogP contribution in [0.25, 0.3) is 0 Å². The van der Waals surface area contributed by atoms with E-state index in [0.29, 0.717) is 0 Å². The van der Waals surface area contributed by atoms with E-state index in [0.717, 1.165) is 50.4 Å². The third-order valence-corrected chi connectivity index (χ3v) is 5.96. The van der Waals surface area contributed by atoms with Crippen molar-refractivity contribution in [3.05, 3.63) is 24.4 Å². The molecule has 0 amide bonds. The van der Waals surface area contributed by atoms with Gasteiger partial charge in [0.15, 0.2) is 5.96 Å². The van der Waals surface area contributed by atoms with Gasteiger partial charge >= 0.3 is 0 Å². The van der Waals surface area contributed by atoms with Crippen LogP contribution >= 0.6 is 0 Å². The lowest BCUT2D eigenvalue weighted by Gasteiger charge is -2.44. The number of guanidine groups is 1. The van der Waals surface area contributed by atoms with Gasteiger partial charge in [0, 0.05) is 58.1 Å². The van der Waals surface area contributed by atoms with E-state index in [-0.39, 0.29) is 5.54 Å². The second kappa shape index (κ2) is 8.91. The maximum absolute atomic E-state index is 4.55. The van der Waals surface area contributed by atoms with Crippen molar-refractivity contribution in [2.75, 3.05) is 57.8 Å². The van der Waals surface area contributed by atoms with Crippen molar-refractivity contribution in [2.45, 2.75) is 39.2 Å². The molecule has 2 aliphatic rings. The third-order valence-electron chi connectivity index (χ3n) is 5.96. The van der Waals surface area contributed by atoms with Crippen LogP contribution in [0.1, 0.15) is 33.6 Å². The average Bonchev–Trinajstić information content (AvgIpc) is 2.69. The average molecular weight is 373 g/mol. The molecule has 2 aliphatic heterocycles. The summed E-state index contributed by atoms with van der Waals surface area (Å²) in [6.45, 7) is 14.3. The van der Waals surface area contributed by atoms with Gasteiger partial charge in [-0.15, -0.1) is 0 Å². The molecule has 0 bridgehead atoms. The Hall–Kier alpha value is -1.82. The van der Waals surface area contributed by atoms with Crippen molar-refractivity contribution in [2.24, 2.45) is 10.9 Å². The normalized spacial score (nSPS) is 22.8. The number of hydrogen-bond donors (Lipinski definition) is 1. The molecular formula is C21H36N6. The molecule has 0 spiro atoms. The maximum Gasteiger partial charge on any atom is 0.193 e. The van der Waals surface area contributed by atoms with Gasteiger partial charge in [-0.2, -0.15) is 0 Å². The van der Waals surface area contributed by atoms with Crippen molar-refractivity contribution in [1.29, 1.82) is 0 Å². The monoisotopic (exact) mass is 372 g/mol. The van der Waals surface area contributed by atoms with Crippen molar-refractivity contribution < 1.29 is 0 Å². The third kappa shape index (κ3) is 5.12. The number of nitrogens with zero attached hydrogens (tertiary/aromatic N) is 5. The summed E-state index contributed by atoms with van der Waals surface area (Å²) >= 11 is 0. The first kappa shape index (κ1) is 19.9. The summed E-state index contributed by atoms with van der Waals surface area (Å²) in [6.07, 6.45) is 4.54. The van der Waals surface area contributed by atoms with Crippen LogP contribution in [0.3, 0.4) is 0 Å². The van der Waals surface area contributed by atoms with E-state index in [2.05, 4.69) is 62.9 Å². The van der Waals surface area contributed by atoms with Crippen LogP contribution in [0.5, 0.6) is 0 Å². The van der Waals surface area contributed by atoms with Crippen molar-refractivity contribution in [3.63, 3.8) is 0 Å². The lowest BCUT2D eigenvalue weighted by Crippen LogP contribution is -2.58. The summed E-state index contributed by atoms with van der Waals surface area (Å²) in [7, 11) is 1.89. The second-order valence-electron chi connectivity index (χ2n) is 8.57. The van der Waals surface area contributed by atoms with E-state index in [1.165, 1.54) is 25.9 Å². The zero-order chi connectivity index (χ0) is 19.3. The first-order chi connectivity index (χ1) is 13.0. The van der Waals surface area contributed by atoms with E-state index in [1.807, 2.05) is 19.3 Å². The Morgan fingerprint density at radius 3 is 2.63 bits per heavy atom. The minimum atomic E-state index is 0.139. The predicted molar refractivity (Wildman–Crippen MR) is 113 cm³/mol. The van der Waals surface area contributed by atoms with Crippen LogP contribution in [0.2, 0.25) is 0 Å². The summed E-state index contributed by atoms with van der Waals surface area (Å²) in [5.41, 5.74) is 0.139. The molecule has 0 aromatic carbocycles. The number of aliphatic imine (C=N–C) groups is 1. The van der Waals surface area contributed by atoms with Crippen LogP contribution in [-0.2, 0) is 0 Å². The number of anilines is 1. The summed E-state index contributed by atoms with van der Waals surface area (Å²) in [4.78, 5) is 16.4. The van der Waals surface area contributed by atoms with E-state index >= 15 is 0 Å². The first-order valence-corrected chi connectivity index (χ1v) is 10.4. The molecule has 1 aromatic rings. The fraction of sp³-hybridized carbons (Fsp3) is 0.714. The Labute approximate surface area is 164 Å². The summed E-state index contributed by atoms with van der Waals surface area (Å²) < 4.78 is 0. The number of likely N-dealkylation sites (tertiary alicyclic amines) is 1. The fourth-order valence-electron chi connectivity index (χ4n) is 4.17. The molecule has 1 aromatic heterocycles. The number of pyridine rings is 1. The number of piperazine rings is 1. The smallest absolute Gasteiger partial charge is 0.193 e. The summed E-state index contributed by atoms with van der Waals surface area (Å²) in [5, 5.41) is 3.65. The Bertz CT molecular complexity index is 606. The van der Waals surface area contributed by atoms with Gasteiger partial charge in [-0.05, 0) is 51.3 Å². The van der Waals surface area contributed by atoms with Crippen LogP contribution in [0, 0.1) is 5.92 Å². The minimum Gasteiger partial charge on any atom is -0.354 e. The van der Waals surface area contributed by atoms with E-state index in [4.69, 9.17) is 0 Å². The quantitative estimate of drug-likeness (QED) is 0.649. The zero-order valence-corrected chi connectivity index (χ0v) is 17.5. The number of piperidine rings is 1. The molecule has 1 atom stereocenters. The first-order valence-electron chi connectivity index (χ1n) is 10.4. The summed E-state index contributed by atoms with van der Waals surface area (Å²) in [6, 6.07) is 6.11. The molecule has 2 saturated heterocycles. The van der Waals surface area contributed by atoms with Crippen LogP contribution in [0.4, 0.5) is 5.82 Å². The van der Waals surface area contributed by atoms with Crippen LogP contribution in [0.15, 0.2) is 29.4 Å². The van der Waals surface area contributed by atoms with Gasteiger partial charge in [-0.1, -0.05) is 13.0 Å². The molecule has 1 N–H and O–H groups in total. The maximum atomic E-state index is 4.55. The number of rotatable bonds is 4. The molecule has 0 saturated carbocycles. The van der Waals surface area contributed by atoms with E-state index in [9.17, 15) is 0 Å². The second-order valence-corrected chi connectivity index (χ2v) is 8.57. The number of nitrogens with one attached hydrogen (secondary N) is 1. The SMILES string of the molecule is CN=C(NCC(C)(C)N1CCCC(C)C1)N1CCN(c2ccccn2)CC1. The molecule has 0 aliphatic carbocycles. The van der Waals surface area contributed by atoms with Gasteiger partial charge < -0.3 is 15.1 Å². The lowest BCUT2D eigenvalue weighted by molar-refractivity contribution is 0.0734. The molecule has 3 heterocycles.